The van der Waals surface area contributed by atoms with Crippen LogP contribution in [0.2, 0.25) is 5.02 Å². The van der Waals surface area contributed by atoms with Gasteiger partial charge in [0.25, 0.3) is 5.56 Å². The molecule has 1 fully saturated rings. The Labute approximate surface area is 179 Å². The molecule has 0 radical (unpaired) electrons. The summed E-state index contributed by atoms with van der Waals surface area (Å²) >= 11 is 6.55. The van der Waals surface area contributed by atoms with E-state index in [1.165, 1.54) is 0 Å². The molecule has 7 heteroatoms. The van der Waals surface area contributed by atoms with Gasteiger partial charge in [-0.3, -0.25) is 4.79 Å². The lowest BCUT2D eigenvalue weighted by atomic mass is 9.83. The second kappa shape index (κ2) is 7.12. The molecule has 0 spiro atoms. The van der Waals surface area contributed by atoms with Gasteiger partial charge in [0.15, 0.2) is 5.90 Å². The molecule has 3 aromatic rings. The molecule has 6 nitrogen and oxygen atoms in total. The van der Waals surface area contributed by atoms with E-state index in [2.05, 4.69) is 19.0 Å². The monoisotopic (exact) mass is 427 g/mol. The molecule has 1 aliphatic carbocycles. The Balaban J connectivity index is 1.57. The number of rotatable bonds is 3. The average molecular weight is 428 g/mol. The van der Waals surface area contributed by atoms with Gasteiger partial charge in [-0.15, -0.1) is 0 Å². The topological polar surface area (TPSA) is 69.6 Å². The maximum atomic E-state index is 13.5. The predicted octanol–water partition coefficient (Wildman–Crippen LogP) is 5.43. The first-order valence-electron chi connectivity index (χ1n) is 10.6. The number of hydrogen-bond acceptors (Lipinski definition) is 5. The van der Waals surface area contributed by atoms with Crippen LogP contribution < -0.4 is 5.56 Å². The summed E-state index contributed by atoms with van der Waals surface area (Å²) in [4.78, 5) is 18.3. The minimum absolute atomic E-state index is 0.0419. The van der Waals surface area contributed by atoms with Crippen molar-refractivity contribution in [3.63, 3.8) is 0 Å². The Kier molecular flexibility index (Phi) is 4.65. The number of halogens is 1. The number of ether oxygens (including phenoxy) is 1. The van der Waals surface area contributed by atoms with Crippen molar-refractivity contribution < 1.29 is 9.26 Å². The molecule has 1 aromatic carbocycles. The molecule has 1 saturated carbocycles. The van der Waals surface area contributed by atoms with Crippen LogP contribution in [0, 0.1) is 12.8 Å². The van der Waals surface area contributed by atoms with Crippen LogP contribution in [0.4, 0.5) is 0 Å². The van der Waals surface area contributed by atoms with Crippen molar-refractivity contribution in [2.45, 2.75) is 64.5 Å². The molecule has 5 rings (SSSR count). The fourth-order valence-electron chi connectivity index (χ4n) is 5.03. The molecule has 30 heavy (non-hydrogen) atoms. The second-order valence-electron chi connectivity index (χ2n) is 9.27. The summed E-state index contributed by atoms with van der Waals surface area (Å²) in [7, 11) is 0. The Morgan fingerprint density at radius 3 is 2.87 bits per heavy atom. The first-order valence-corrected chi connectivity index (χ1v) is 11.0. The van der Waals surface area contributed by atoms with Crippen LogP contribution in [-0.4, -0.2) is 27.8 Å². The first-order chi connectivity index (χ1) is 14.3. The first kappa shape index (κ1) is 19.6. The lowest BCUT2D eigenvalue weighted by Crippen LogP contribution is -2.30. The largest absolute Gasteiger partial charge is 0.478 e. The lowest BCUT2D eigenvalue weighted by molar-refractivity contribution is 0.244. The zero-order valence-corrected chi connectivity index (χ0v) is 18.3. The third-order valence-corrected chi connectivity index (χ3v) is 6.70. The molecule has 0 bridgehead atoms. The number of aromatic nitrogens is 2. The van der Waals surface area contributed by atoms with Gasteiger partial charge in [0.05, 0.1) is 16.1 Å². The van der Waals surface area contributed by atoms with Gasteiger partial charge in [-0.25, -0.2) is 4.99 Å². The van der Waals surface area contributed by atoms with E-state index in [9.17, 15) is 4.79 Å². The van der Waals surface area contributed by atoms with Gasteiger partial charge in [0, 0.05) is 17.8 Å². The third kappa shape index (κ3) is 3.22. The number of hydrogen-bond donors (Lipinski definition) is 0. The Hall–Kier alpha value is -2.34. The fourth-order valence-corrected chi connectivity index (χ4v) is 5.29. The molecule has 0 amide bonds. The van der Waals surface area contributed by atoms with Crippen molar-refractivity contribution in [2.75, 3.05) is 6.61 Å². The van der Waals surface area contributed by atoms with Crippen molar-refractivity contribution in [1.82, 2.24) is 9.72 Å². The van der Waals surface area contributed by atoms with Gasteiger partial charge >= 0.3 is 0 Å². The molecular formula is C23H26ClN3O3. The van der Waals surface area contributed by atoms with Gasteiger partial charge in [-0.2, -0.15) is 0 Å². The van der Waals surface area contributed by atoms with Crippen molar-refractivity contribution >= 4 is 39.3 Å². The molecule has 1 aliphatic heterocycles. The number of nitrogens with zero attached hydrogens (tertiary/aromatic N) is 3. The lowest BCUT2D eigenvalue weighted by Gasteiger charge is -2.31. The third-order valence-electron chi connectivity index (χ3n) is 6.39. The SMILES string of the molecule is Cc1onc2c1c(=O)n(C1CCCC(CC3=NC(C)(C)CO3)C1)c1cccc(Cl)c21. The summed E-state index contributed by atoms with van der Waals surface area (Å²) in [6.07, 6.45) is 4.91. The number of aryl methyl sites for hydroxylation is 1. The van der Waals surface area contributed by atoms with Crippen molar-refractivity contribution in [1.29, 1.82) is 0 Å². The standard InChI is InChI=1S/C23H26ClN3O3/c1-13-19-21(26-30-13)20-16(24)8-5-9-17(20)27(22(19)28)15-7-4-6-14(10-15)11-18-25-23(2,3)12-29-18/h5,8-9,14-15H,4,6-7,10-12H2,1-3H3. The highest BCUT2D eigenvalue weighted by Crippen LogP contribution is 2.38. The van der Waals surface area contributed by atoms with Crippen molar-refractivity contribution in [3.8, 4) is 0 Å². The van der Waals surface area contributed by atoms with Crippen LogP contribution in [-0.2, 0) is 4.74 Å². The van der Waals surface area contributed by atoms with Crippen molar-refractivity contribution in [2.24, 2.45) is 10.9 Å². The summed E-state index contributed by atoms with van der Waals surface area (Å²) in [6, 6.07) is 5.79. The Morgan fingerprint density at radius 2 is 2.10 bits per heavy atom. The van der Waals surface area contributed by atoms with E-state index in [-0.39, 0.29) is 17.1 Å². The van der Waals surface area contributed by atoms with Crippen LogP contribution in [0.3, 0.4) is 0 Å². The van der Waals surface area contributed by atoms with Gasteiger partial charge in [0.1, 0.15) is 23.3 Å². The summed E-state index contributed by atoms with van der Waals surface area (Å²) in [5, 5.41) is 6.05. The minimum atomic E-state index is -0.135. The highest BCUT2D eigenvalue weighted by atomic mass is 35.5. The summed E-state index contributed by atoms with van der Waals surface area (Å²) in [6.45, 7) is 6.61. The predicted molar refractivity (Wildman–Crippen MR) is 119 cm³/mol. The quantitative estimate of drug-likeness (QED) is 0.558. The van der Waals surface area contributed by atoms with Crippen LogP contribution in [0.15, 0.2) is 32.5 Å². The highest BCUT2D eigenvalue weighted by Gasteiger charge is 2.32. The zero-order chi connectivity index (χ0) is 21.0. The van der Waals surface area contributed by atoms with E-state index < -0.39 is 0 Å². The smallest absolute Gasteiger partial charge is 0.264 e. The second-order valence-corrected chi connectivity index (χ2v) is 9.68. The van der Waals surface area contributed by atoms with Crippen LogP contribution in [0.5, 0.6) is 0 Å². The minimum Gasteiger partial charge on any atom is -0.478 e. The highest BCUT2D eigenvalue weighted by molar-refractivity contribution is 6.37. The van der Waals surface area contributed by atoms with Crippen LogP contribution in [0.25, 0.3) is 21.8 Å². The van der Waals surface area contributed by atoms with Crippen molar-refractivity contribution in [3.05, 3.63) is 39.3 Å². The average Bonchev–Trinajstić information content (AvgIpc) is 3.24. The number of aliphatic imine (C=N–C) groups is 1. The molecule has 2 aromatic heterocycles. The van der Waals surface area contributed by atoms with Gasteiger partial charge in [0.2, 0.25) is 0 Å². The van der Waals surface area contributed by atoms with E-state index >= 15 is 0 Å². The summed E-state index contributed by atoms with van der Waals surface area (Å²) in [5.41, 5.74) is 1.20. The normalized spacial score (nSPS) is 23.7. The van der Waals surface area contributed by atoms with E-state index in [4.69, 9.17) is 25.9 Å². The van der Waals surface area contributed by atoms with E-state index in [1.54, 1.807) is 6.92 Å². The molecule has 3 heterocycles. The number of fused-ring (bicyclic) bond motifs is 3. The molecular weight excluding hydrogens is 402 g/mol. The number of benzene rings is 1. The van der Waals surface area contributed by atoms with Crippen LogP contribution in [0.1, 0.15) is 57.8 Å². The number of pyridine rings is 1. The molecule has 0 saturated heterocycles. The molecule has 0 N–H and O–H groups in total. The van der Waals surface area contributed by atoms with E-state index in [0.29, 0.717) is 34.2 Å². The summed E-state index contributed by atoms with van der Waals surface area (Å²) in [5.74, 6) is 1.84. The van der Waals surface area contributed by atoms with Gasteiger partial charge < -0.3 is 13.8 Å². The van der Waals surface area contributed by atoms with E-state index in [1.807, 2.05) is 22.8 Å². The van der Waals surface area contributed by atoms with Crippen LogP contribution >= 0.6 is 11.6 Å². The maximum absolute atomic E-state index is 13.5. The molecule has 2 unspecified atom stereocenters. The Morgan fingerprint density at radius 1 is 1.27 bits per heavy atom. The van der Waals surface area contributed by atoms with E-state index in [0.717, 1.165) is 48.9 Å². The molecule has 2 atom stereocenters. The molecule has 2 aliphatic rings. The summed E-state index contributed by atoms with van der Waals surface area (Å²) < 4.78 is 13.1. The van der Waals surface area contributed by atoms with Gasteiger partial charge in [-0.1, -0.05) is 29.2 Å². The zero-order valence-electron chi connectivity index (χ0n) is 17.6. The Bertz CT molecular complexity index is 1220. The molecule has 158 valence electrons. The maximum Gasteiger partial charge on any atom is 0.264 e. The van der Waals surface area contributed by atoms with Gasteiger partial charge in [-0.05, 0) is 58.1 Å². The fraction of sp³-hybridized carbons (Fsp3) is 0.522.